The number of rotatable bonds is 4. The van der Waals surface area contributed by atoms with Gasteiger partial charge in [-0.05, 0) is 47.8 Å². The Hall–Kier alpha value is -1.28. The molecule has 0 aromatic carbocycles. The highest BCUT2D eigenvalue weighted by atomic mass is 35.5. The zero-order valence-electron chi connectivity index (χ0n) is 13.3. The Bertz CT molecular complexity index is 621. The van der Waals surface area contributed by atoms with Crippen molar-refractivity contribution in [3.05, 3.63) is 33.5 Å². The highest BCUT2D eigenvalue weighted by Gasteiger charge is 2.27. The monoisotopic (exact) mass is 352 g/mol. The second-order valence-electron chi connectivity index (χ2n) is 5.80. The van der Waals surface area contributed by atoms with Gasteiger partial charge < -0.3 is 5.73 Å². The van der Waals surface area contributed by atoms with E-state index in [2.05, 4.69) is 55.4 Å². The van der Waals surface area contributed by atoms with E-state index >= 15 is 0 Å². The SMILES string of the molecule is C[C@H](c1nc(N)nc(Cl)n1)N1CCN([C@@H](C)c2ccsc2)CC1. The first kappa shape index (κ1) is 16.6. The summed E-state index contributed by atoms with van der Waals surface area (Å²) < 4.78 is 0. The minimum atomic E-state index is 0.0800. The lowest BCUT2D eigenvalue weighted by atomic mass is 10.1. The molecule has 0 saturated carbocycles. The molecule has 1 fully saturated rings. The van der Waals surface area contributed by atoms with E-state index in [0.717, 1.165) is 26.2 Å². The average molecular weight is 353 g/mol. The van der Waals surface area contributed by atoms with Crippen LogP contribution in [-0.4, -0.2) is 50.9 Å². The Morgan fingerprint density at radius 2 is 1.74 bits per heavy atom. The molecule has 8 heteroatoms. The van der Waals surface area contributed by atoms with Gasteiger partial charge in [-0.15, -0.1) is 0 Å². The molecule has 3 heterocycles. The fourth-order valence-corrected chi connectivity index (χ4v) is 3.89. The maximum absolute atomic E-state index is 5.89. The molecule has 0 unspecified atom stereocenters. The highest BCUT2D eigenvalue weighted by Crippen LogP contribution is 2.26. The average Bonchev–Trinajstić information content (AvgIpc) is 3.07. The maximum Gasteiger partial charge on any atom is 0.227 e. The highest BCUT2D eigenvalue weighted by molar-refractivity contribution is 7.07. The largest absolute Gasteiger partial charge is 0.368 e. The van der Waals surface area contributed by atoms with Crippen LogP contribution in [-0.2, 0) is 0 Å². The number of nitrogen functional groups attached to an aromatic ring is 1. The number of hydrogen-bond acceptors (Lipinski definition) is 7. The number of piperazine rings is 1. The van der Waals surface area contributed by atoms with E-state index in [1.807, 2.05) is 0 Å². The summed E-state index contributed by atoms with van der Waals surface area (Å²) in [7, 11) is 0. The molecule has 1 saturated heterocycles. The van der Waals surface area contributed by atoms with E-state index in [-0.39, 0.29) is 17.3 Å². The Labute approximate surface area is 145 Å². The van der Waals surface area contributed by atoms with Gasteiger partial charge in [0.05, 0.1) is 6.04 Å². The Balaban J connectivity index is 1.62. The number of aromatic nitrogens is 3. The van der Waals surface area contributed by atoms with E-state index in [0.29, 0.717) is 11.9 Å². The van der Waals surface area contributed by atoms with Crippen LogP contribution in [0.25, 0.3) is 0 Å². The summed E-state index contributed by atoms with van der Waals surface area (Å²) in [5, 5.41) is 4.53. The molecule has 23 heavy (non-hydrogen) atoms. The van der Waals surface area contributed by atoms with Gasteiger partial charge in [0.25, 0.3) is 0 Å². The fourth-order valence-electron chi connectivity index (χ4n) is 2.97. The number of anilines is 1. The van der Waals surface area contributed by atoms with Gasteiger partial charge in [-0.1, -0.05) is 0 Å². The molecule has 2 N–H and O–H groups in total. The first-order valence-electron chi connectivity index (χ1n) is 7.71. The third-order valence-electron chi connectivity index (χ3n) is 4.49. The molecule has 0 aliphatic carbocycles. The normalized spacial score (nSPS) is 19.6. The van der Waals surface area contributed by atoms with E-state index < -0.39 is 0 Å². The van der Waals surface area contributed by atoms with Crippen LogP contribution in [0, 0.1) is 0 Å². The second kappa shape index (κ2) is 7.09. The van der Waals surface area contributed by atoms with Crippen LogP contribution in [0.3, 0.4) is 0 Å². The van der Waals surface area contributed by atoms with Crippen LogP contribution >= 0.6 is 22.9 Å². The lowest BCUT2D eigenvalue weighted by Gasteiger charge is -2.40. The minimum absolute atomic E-state index is 0.0800. The van der Waals surface area contributed by atoms with Gasteiger partial charge in [0.2, 0.25) is 11.2 Å². The molecule has 2 aromatic rings. The third-order valence-corrected chi connectivity index (χ3v) is 5.36. The van der Waals surface area contributed by atoms with Crippen molar-refractivity contribution in [1.29, 1.82) is 0 Å². The van der Waals surface area contributed by atoms with Gasteiger partial charge in [-0.25, -0.2) is 4.98 Å². The molecule has 0 spiro atoms. The van der Waals surface area contributed by atoms with Crippen molar-refractivity contribution in [1.82, 2.24) is 24.8 Å². The molecule has 6 nitrogen and oxygen atoms in total. The summed E-state index contributed by atoms with van der Waals surface area (Å²) in [6.45, 7) is 8.35. The number of hydrogen-bond donors (Lipinski definition) is 1. The van der Waals surface area contributed by atoms with Gasteiger partial charge in [0.1, 0.15) is 0 Å². The lowest BCUT2D eigenvalue weighted by Crippen LogP contribution is -2.48. The number of nitrogens with zero attached hydrogens (tertiary/aromatic N) is 5. The van der Waals surface area contributed by atoms with Crippen molar-refractivity contribution in [3.8, 4) is 0 Å². The summed E-state index contributed by atoms with van der Waals surface area (Å²) >= 11 is 7.64. The van der Waals surface area contributed by atoms with Gasteiger partial charge in [-0.2, -0.15) is 21.3 Å². The first-order chi connectivity index (χ1) is 11.0. The van der Waals surface area contributed by atoms with Crippen molar-refractivity contribution in [2.75, 3.05) is 31.9 Å². The summed E-state index contributed by atoms with van der Waals surface area (Å²) in [4.78, 5) is 17.1. The van der Waals surface area contributed by atoms with Crippen molar-refractivity contribution in [3.63, 3.8) is 0 Å². The van der Waals surface area contributed by atoms with Crippen LogP contribution in [0.2, 0.25) is 5.28 Å². The second-order valence-corrected chi connectivity index (χ2v) is 6.92. The summed E-state index contributed by atoms with van der Waals surface area (Å²) in [6, 6.07) is 2.75. The molecular weight excluding hydrogens is 332 g/mol. The molecule has 1 aliphatic rings. The zero-order chi connectivity index (χ0) is 16.4. The van der Waals surface area contributed by atoms with Crippen LogP contribution in [0.15, 0.2) is 16.8 Å². The lowest BCUT2D eigenvalue weighted by molar-refractivity contribution is 0.0759. The Morgan fingerprint density at radius 3 is 2.30 bits per heavy atom. The molecule has 0 amide bonds. The van der Waals surface area contributed by atoms with Crippen molar-refractivity contribution in [2.45, 2.75) is 25.9 Å². The van der Waals surface area contributed by atoms with E-state index in [9.17, 15) is 0 Å². The van der Waals surface area contributed by atoms with Crippen molar-refractivity contribution in [2.24, 2.45) is 0 Å². The molecule has 1 aliphatic heterocycles. The predicted octanol–water partition coefficient (Wildman–Crippen LogP) is 2.61. The van der Waals surface area contributed by atoms with E-state index in [1.54, 1.807) is 11.3 Å². The Morgan fingerprint density at radius 1 is 1.09 bits per heavy atom. The Kier molecular flexibility index (Phi) is 5.11. The van der Waals surface area contributed by atoms with Gasteiger partial charge in [0.15, 0.2) is 5.82 Å². The molecule has 2 atom stereocenters. The molecule has 124 valence electrons. The zero-order valence-corrected chi connectivity index (χ0v) is 14.9. The van der Waals surface area contributed by atoms with Gasteiger partial charge in [-0.3, -0.25) is 9.80 Å². The van der Waals surface area contributed by atoms with Crippen LogP contribution in [0.5, 0.6) is 0 Å². The number of halogens is 1. The number of thiophene rings is 1. The standard InChI is InChI=1S/C15H21ClN6S/c1-10(12-3-8-23-9-12)21-4-6-22(7-5-21)11(2)13-18-14(16)20-15(17)19-13/h3,8-11H,4-7H2,1-2H3,(H2,17,18,19,20)/t10-,11+/m0/s1. The quantitative estimate of drug-likeness (QED) is 0.912. The number of nitrogens with two attached hydrogens (primary N) is 1. The van der Waals surface area contributed by atoms with E-state index in [4.69, 9.17) is 17.3 Å². The van der Waals surface area contributed by atoms with Crippen molar-refractivity contribution < 1.29 is 0 Å². The summed E-state index contributed by atoms with van der Waals surface area (Å²) in [5.41, 5.74) is 7.07. The minimum Gasteiger partial charge on any atom is -0.368 e. The van der Waals surface area contributed by atoms with Crippen LogP contribution in [0.4, 0.5) is 5.95 Å². The maximum atomic E-state index is 5.89. The molecule has 2 aromatic heterocycles. The van der Waals surface area contributed by atoms with Crippen LogP contribution in [0.1, 0.15) is 37.3 Å². The fraction of sp³-hybridized carbons (Fsp3) is 0.533. The predicted molar refractivity (Wildman–Crippen MR) is 93.5 cm³/mol. The topological polar surface area (TPSA) is 71.2 Å². The molecule has 3 rings (SSSR count). The van der Waals surface area contributed by atoms with Gasteiger partial charge in [0, 0.05) is 32.2 Å². The summed E-state index contributed by atoms with van der Waals surface area (Å²) in [6.07, 6.45) is 0. The summed E-state index contributed by atoms with van der Waals surface area (Å²) in [5.74, 6) is 0.818. The first-order valence-corrected chi connectivity index (χ1v) is 9.04. The molecule has 0 radical (unpaired) electrons. The van der Waals surface area contributed by atoms with Gasteiger partial charge >= 0.3 is 0 Å². The molecule has 0 bridgehead atoms. The third kappa shape index (κ3) is 3.80. The van der Waals surface area contributed by atoms with E-state index in [1.165, 1.54) is 5.56 Å². The van der Waals surface area contributed by atoms with Crippen molar-refractivity contribution >= 4 is 28.9 Å². The smallest absolute Gasteiger partial charge is 0.227 e. The molecular formula is C15H21ClN6S. The van der Waals surface area contributed by atoms with Crippen LogP contribution < -0.4 is 5.73 Å².